The topological polar surface area (TPSA) is 79.4 Å². The summed E-state index contributed by atoms with van der Waals surface area (Å²) < 4.78 is 0. The van der Waals surface area contributed by atoms with E-state index in [1.165, 1.54) is 12.8 Å². The van der Waals surface area contributed by atoms with Crippen molar-refractivity contribution >= 4 is 11.9 Å². The average Bonchev–Trinajstić information content (AvgIpc) is 2.76. The van der Waals surface area contributed by atoms with Crippen molar-refractivity contribution in [1.29, 1.82) is 0 Å². The maximum Gasteiger partial charge on any atom is 0.248 e. The highest BCUT2D eigenvalue weighted by Crippen LogP contribution is 2.10. The molecule has 2 N–H and O–H groups in total. The molecule has 0 unspecified atom stereocenters. The fourth-order valence-corrected chi connectivity index (χ4v) is 1.89. The summed E-state index contributed by atoms with van der Waals surface area (Å²) in [5.41, 5.74) is 1.85. The van der Waals surface area contributed by atoms with Gasteiger partial charge in [-0.2, -0.15) is 4.98 Å². The summed E-state index contributed by atoms with van der Waals surface area (Å²) in [4.78, 5) is 13.0. The third-order valence-electron chi connectivity index (χ3n) is 2.75. The quantitative estimate of drug-likeness (QED) is 0.781. The second kappa shape index (κ2) is 6.26. The lowest BCUT2D eigenvalue weighted by Crippen LogP contribution is -2.01. The van der Waals surface area contributed by atoms with Crippen molar-refractivity contribution in [2.45, 2.75) is 46.5 Å². The molecule has 2 heterocycles. The predicted molar refractivity (Wildman–Crippen MR) is 74.4 cm³/mol. The number of aryl methyl sites for hydroxylation is 3. The lowest BCUT2D eigenvalue weighted by molar-refractivity contribution is 0.695. The molecule has 0 saturated carbocycles. The third kappa shape index (κ3) is 4.01. The van der Waals surface area contributed by atoms with E-state index in [1.807, 2.05) is 19.9 Å². The summed E-state index contributed by atoms with van der Waals surface area (Å²) in [6.45, 7) is 6.06. The molecule has 19 heavy (non-hydrogen) atoms. The number of unbranched alkanes of at least 4 members (excludes halogenated alkanes) is 2. The summed E-state index contributed by atoms with van der Waals surface area (Å²) in [5.74, 6) is 1.97. The fraction of sp³-hybridized carbons (Fsp3) is 0.538. The Hall–Kier alpha value is -1.98. The Bertz CT molecular complexity index is 513. The standard InChI is InChI=1S/C13H20N6/c1-4-5-6-7-11-16-13(19-18-11)17-12-14-9(2)8-10(3)15-12/h8H,4-7H2,1-3H3,(H2,14,15,16,17,18,19). The van der Waals surface area contributed by atoms with Crippen molar-refractivity contribution in [3.05, 3.63) is 23.3 Å². The summed E-state index contributed by atoms with van der Waals surface area (Å²) in [6.07, 6.45) is 4.47. The zero-order valence-corrected chi connectivity index (χ0v) is 11.7. The zero-order valence-electron chi connectivity index (χ0n) is 11.7. The SMILES string of the molecule is CCCCCc1nc(Nc2nc(C)cc(C)n2)n[nH]1. The molecule has 0 aliphatic heterocycles. The van der Waals surface area contributed by atoms with Gasteiger partial charge in [0.25, 0.3) is 0 Å². The number of H-pyrrole nitrogens is 1. The van der Waals surface area contributed by atoms with Gasteiger partial charge >= 0.3 is 0 Å². The number of anilines is 2. The third-order valence-corrected chi connectivity index (χ3v) is 2.75. The van der Waals surface area contributed by atoms with Crippen molar-refractivity contribution in [1.82, 2.24) is 25.1 Å². The van der Waals surface area contributed by atoms with E-state index in [2.05, 4.69) is 37.4 Å². The summed E-state index contributed by atoms with van der Waals surface area (Å²) in [6, 6.07) is 1.93. The lowest BCUT2D eigenvalue weighted by Gasteiger charge is -2.02. The number of aromatic nitrogens is 5. The fourth-order valence-electron chi connectivity index (χ4n) is 1.89. The van der Waals surface area contributed by atoms with Crippen molar-refractivity contribution < 1.29 is 0 Å². The normalized spacial score (nSPS) is 10.7. The van der Waals surface area contributed by atoms with Crippen molar-refractivity contribution in [2.75, 3.05) is 5.32 Å². The van der Waals surface area contributed by atoms with Gasteiger partial charge in [-0.05, 0) is 26.3 Å². The summed E-state index contributed by atoms with van der Waals surface area (Å²) in [7, 11) is 0. The second-order valence-electron chi connectivity index (χ2n) is 4.66. The average molecular weight is 260 g/mol. The number of hydrogen-bond acceptors (Lipinski definition) is 5. The van der Waals surface area contributed by atoms with E-state index in [0.717, 1.165) is 30.1 Å². The Kier molecular flexibility index (Phi) is 4.43. The molecule has 0 saturated heterocycles. The van der Waals surface area contributed by atoms with Crippen LogP contribution in [0.25, 0.3) is 0 Å². The van der Waals surface area contributed by atoms with Gasteiger partial charge in [-0.1, -0.05) is 19.8 Å². The first-order valence-electron chi connectivity index (χ1n) is 6.68. The molecule has 0 radical (unpaired) electrons. The highest BCUT2D eigenvalue weighted by molar-refractivity contribution is 5.42. The van der Waals surface area contributed by atoms with Gasteiger partial charge in [-0.25, -0.2) is 9.97 Å². The number of nitrogens with zero attached hydrogens (tertiary/aromatic N) is 4. The van der Waals surface area contributed by atoms with Crippen LogP contribution in [0, 0.1) is 13.8 Å². The molecule has 0 aromatic carbocycles. The Morgan fingerprint density at radius 1 is 1.05 bits per heavy atom. The van der Waals surface area contributed by atoms with Crippen LogP contribution < -0.4 is 5.32 Å². The van der Waals surface area contributed by atoms with Crippen LogP contribution in [-0.2, 0) is 6.42 Å². The molecule has 6 nitrogen and oxygen atoms in total. The van der Waals surface area contributed by atoms with Crippen LogP contribution in [-0.4, -0.2) is 25.1 Å². The monoisotopic (exact) mass is 260 g/mol. The Morgan fingerprint density at radius 2 is 1.79 bits per heavy atom. The van der Waals surface area contributed by atoms with Crippen molar-refractivity contribution in [2.24, 2.45) is 0 Å². The van der Waals surface area contributed by atoms with E-state index >= 15 is 0 Å². The molecule has 2 aromatic rings. The molecule has 0 spiro atoms. The first kappa shape index (κ1) is 13.5. The maximum absolute atomic E-state index is 4.38. The van der Waals surface area contributed by atoms with E-state index in [1.54, 1.807) is 0 Å². The molecular formula is C13H20N6. The van der Waals surface area contributed by atoms with Gasteiger partial charge in [0.1, 0.15) is 5.82 Å². The number of hydrogen-bond donors (Lipinski definition) is 2. The first-order valence-corrected chi connectivity index (χ1v) is 6.68. The lowest BCUT2D eigenvalue weighted by atomic mass is 10.2. The molecule has 0 bridgehead atoms. The Morgan fingerprint density at radius 3 is 2.47 bits per heavy atom. The maximum atomic E-state index is 4.38. The summed E-state index contributed by atoms with van der Waals surface area (Å²) >= 11 is 0. The minimum absolute atomic E-state index is 0.525. The number of nitrogens with one attached hydrogen (secondary N) is 2. The number of aromatic amines is 1. The molecule has 0 fully saturated rings. The molecular weight excluding hydrogens is 240 g/mol. The van der Waals surface area contributed by atoms with E-state index < -0.39 is 0 Å². The molecule has 0 atom stereocenters. The molecule has 102 valence electrons. The van der Waals surface area contributed by atoms with E-state index in [0.29, 0.717) is 11.9 Å². The van der Waals surface area contributed by atoms with Crippen LogP contribution in [0.4, 0.5) is 11.9 Å². The molecule has 0 aliphatic rings. The Labute approximate surface area is 113 Å². The number of rotatable bonds is 6. The largest absolute Gasteiger partial charge is 0.291 e. The van der Waals surface area contributed by atoms with Crippen LogP contribution in [0.15, 0.2) is 6.07 Å². The molecule has 0 aliphatic carbocycles. The minimum atomic E-state index is 0.525. The van der Waals surface area contributed by atoms with E-state index in [4.69, 9.17) is 0 Å². The van der Waals surface area contributed by atoms with Crippen LogP contribution in [0.3, 0.4) is 0 Å². The van der Waals surface area contributed by atoms with Crippen molar-refractivity contribution in [3.63, 3.8) is 0 Å². The van der Waals surface area contributed by atoms with Gasteiger partial charge in [0.2, 0.25) is 11.9 Å². The van der Waals surface area contributed by atoms with Gasteiger partial charge in [-0.15, -0.1) is 5.10 Å². The molecule has 6 heteroatoms. The zero-order chi connectivity index (χ0) is 13.7. The molecule has 0 amide bonds. The van der Waals surface area contributed by atoms with Crippen molar-refractivity contribution in [3.8, 4) is 0 Å². The van der Waals surface area contributed by atoms with Gasteiger partial charge in [-0.3, -0.25) is 10.4 Å². The smallest absolute Gasteiger partial charge is 0.248 e. The first-order chi connectivity index (χ1) is 9.17. The van der Waals surface area contributed by atoms with Crippen LogP contribution in [0.1, 0.15) is 43.4 Å². The highest BCUT2D eigenvalue weighted by Gasteiger charge is 2.05. The molecule has 2 rings (SSSR count). The molecule has 2 aromatic heterocycles. The van der Waals surface area contributed by atoms with Gasteiger partial charge in [0.15, 0.2) is 0 Å². The van der Waals surface area contributed by atoms with E-state index in [-0.39, 0.29) is 0 Å². The highest BCUT2D eigenvalue weighted by atomic mass is 15.3. The van der Waals surface area contributed by atoms with Crippen LogP contribution >= 0.6 is 0 Å². The van der Waals surface area contributed by atoms with Gasteiger partial charge < -0.3 is 0 Å². The van der Waals surface area contributed by atoms with Crippen LogP contribution in [0.2, 0.25) is 0 Å². The van der Waals surface area contributed by atoms with Gasteiger partial charge in [0.05, 0.1) is 0 Å². The van der Waals surface area contributed by atoms with Crippen LogP contribution in [0.5, 0.6) is 0 Å². The minimum Gasteiger partial charge on any atom is -0.291 e. The second-order valence-corrected chi connectivity index (χ2v) is 4.66. The predicted octanol–water partition coefficient (Wildman–Crippen LogP) is 2.69. The van der Waals surface area contributed by atoms with Gasteiger partial charge in [0, 0.05) is 17.8 Å². The summed E-state index contributed by atoms with van der Waals surface area (Å²) in [5, 5.41) is 10.1. The van der Waals surface area contributed by atoms with E-state index in [9.17, 15) is 0 Å². The Balaban J connectivity index is 1.99.